The Morgan fingerprint density at radius 3 is 2.83 bits per heavy atom. The highest BCUT2D eigenvalue weighted by Gasteiger charge is 2.00. The third-order valence-electron chi connectivity index (χ3n) is 1.57. The predicted octanol–water partition coefficient (Wildman–Crippen LogP) is 2.18. The average molecular weight is 185 g/mol. The van der Waals surface area contributed by atoms with Crippen molar-refractivity contribution < 1.29 is 9.90 Å². The van der Waals surface area contributed by atoms with Crippen LogP contribution >= 0.6 is 11.6 Å². The van der Waals surface area contributed by atoms with Crippen molar-refractivity contribution in [3.8, 4) is 5.75 Å². The minimum Gasteiger partial charge on any atom is -0.508 e. The van der Waals surface area contributed by atoms with Crippen LogP contribution in [0.5, 0.6) is 5.75 Å². The monoisotopic (exact) mass is 184 g/mol. The van der Waals surface area contributed by atoms with Gasteiger partial charge in [0.05, 0.1) is 0 Å². The molecule has 0 bridgehead atoms. The zero-order valence-corrected chi connectivity index (χ0v) is 7.21. The van der Waals surface area contributed by atoms with Gasteiger partial charge in [0.2, 0.25) is 0 Å². The first-order valence-electron chi connectivity index (χ1n) is 3.65. The van der Waals surface area contributed by atoms with E-state index in [1.54, 1.807) is 12.1 Å². The van der Waals surface area contributed by atoms with Crippen molar-refractivity contribution >= 4 is 17.9 Å². The highest BCUT2D eigenvalue weighted by atomic mass is 35.5. The normalized spacial score (nSPS) is 9.75. The first-order chi connectivity index (χ1) is 5.74. The Kier molecular flexibility index (Phi) is 3.11. The van der Waals surface area contributed by atoms with E-state index in [0.29, 0.717) is 17.9 Å². The van der Waals surface area contributed by atoms with E-state index in [0.717, 1.165) is 11.8 Å². The molecule has 1 aromatic carbocycles. The smallest absolute Gasteiger partial charge is 0.120 e. The highest BCUT2D eigenvalue weighted by molar-refractivity contribution is 6.31. The molecule has 0 amide bonds. The minimum atomic E-state index is 0.148. The van der Waals surface area contributed by atoms with E-state index >= 15 is 0 Å². The number of rotatable bonds is 3. The molecule has 0 unspecified atom stereocenters. The number of carbonyl (C=O) groups is 1. The van der Waals surface area contributed by atoms with E-state index in [4.69, 9.17) is 16.7 Å². The van der Waals surface area contributed by atoms with Crippen LogP contribution in [0.15, 0.2) is 18.2 Å². The lowest BCUT2D eigenvalue weighted by Gasteiger charge is -2.01. The SMILES string of the molecule is O=CCCc1ccc(O)cc1Cl. The summed E-state index contributed by atoms with van der Waals surface area (Å²) in [6.07, 6.45) is 1.94. The summed E-state index contributed by atoms with van der Waals surface area (Å²) in [5.74, 6) is 0.148. The van der Waals surface area contributed by atoms with Gasteiger partial charge in [-0.1, -0.05) is 17.7 Å². The second kappa shape index (κ2) is 4.12. The van der Waals surface area contributed by atoms with Gasteiger partial charge in [0.1, 0.15) is 12.0 Å². The first kappa shape index (κ1) is 9.07. The average Bonchev–Trinajstić information content (AvgIpc) is 2.03. The molecule has 0 aliphatic heterocycles. The topological polar surface area (TPSA) is 37.3 Å². The van der Waals surface area contributed by atoms with Crippen LogP contribution in [-0.2, 0) is 11.2 Å². The molecular formula is C9H9ClO2. The number of phenolic OH excluding ortho intramolecular Hbond substituents is 1. The Morgan fingerprint density at radius 2 is 2.25 bits per heavy atom. The van der Waals surface area contributed by atoms with Gasteiger partial charge < -0.3 is 9.90 Å². The van der Waals surface area contributed by atoms with Crippen molar-refractivity contribution in [2.24, 2.45) is 0 Å². The molecule has 1 aromatic rings. The Balaban J connectivity index is 2.78. The molecule has 0 spiro atoms. The van der Waals surface area contributed by atoms with Crippen LogP contribution in [0.3, 0.4) is 0 Å². The van der Waals surface area contributed by atoms with Gasteiger partial charge in [0.25, 0.3) is 0 Å². The molecule has 0 fully saturated rings. The molecule has 12 heavy (non-hydrogen) atoms. The number of phenols is 1. The fourth-order valence-electron chi connectivity index (χ4n) is 0.953. The summed E-state index contributed by atoms with van der Waals surface area (Å²) >= 11 is 5.79. The fourth-order valence-corrected chi connectivity index (χ4v) is 1.22. The lowest BCUT2D eigenvalue weighted by molar-refractivity contribution is -0.107. The molecule has 1 rings (SSSR count). The molecule has 3 heteroatoms. The van der Waals surface area contributed by atoms with Gasteiger partial charge >= 0.3 is 0 Å². The Morgan fingerprint density at radius 1 is 1.50 bits per heavy atom. The zero-order chi connectivity index (χ0) is 8.97. The quantitative estimate of drug-likeness (QED) is 0.732. The number of aromatic hydroxyl groups is 1. The molecule has 0 aromatic heterocycles. The summed E-state index contributed by atoms with van der Waals surface area (Å²) < 4.78 is 0. The van der Waals surface area contributed by atoms with Gasteiger partial charge in [0.15, 0.2) is 0 Å². The molecule has 0 saturated carbocycles. The fraction of sp³-hybridized carbons (Fsp3) is 0.222. The van der Waals surface area contributed by atoms with E-state index in [-0.39, 0.29) is 5.75 Å². The van der Waals surface area contributed by atoms with Crippen molar-refractivity contribution in [1.29, 1.82) is 0 Å². The van der Waals surface area contributed by atoms with Crippen LogP contribution in [-0.4, -0.2) is 11.4 Å². The van der Waals surface area contributed by atoms with Gasteiger partial charge in [-0.15, -0.1) is 0 Å². The molecule has 0 atom stereocenters. The van der Waals surface area contributed by atoms with Crippen LogP contribution in [0.25, 0.3) is 0 Å². The first-order valence-corrected chi connectivity index (χ1v) is 4.03. The third-order valence-corrected chi connectivity index (χ3v) is 1.92. The standard InChI is InChI=1S/C9H9ClO2/c10-9-6-8(12)4-3-7(9)2-1-5-11/h3-6,12H,1-2H2. The van der Waals surface area contributed by atoms with E-state index in [1.807, 2.05) is 0 Å². The van der Waals surface area contributed by atoms with Crippen LogP contribution < -0.4 is 0 Å². The largest absolute Gasteiger partial charge is 0.508 e. The second-order valence-electron chi connectivity index (χ2n) is 2.48. The summed E-state index contributed by atoms with van der Waals surface area (Å²) in [5, 5.41) is 9.52. The molecule has 0 saturated heterocycles. The van der Waals surface area contributed by atoms with Crippen molar-refractivity contribution in [1.82, 2.24) is 0 Å². The van der Waals surface area contributed by atoms with Crippen LogP contribution in [0, 0.1) is 0 Å². The zero-order valence-electron chi connectivity index (χ0n) is 6.46. The number of hydrogen-bond donors (Lipinski definition) is 1. The molecule has 0 aliphatic carbocycles. The number of carbonyl (C=O) groups excluding carboxylic acids is 1. The van der Waals surface area contributed by atoms with Gasteiger partial charge in [0, 0.05) is 11.4 Å². The Bertz CT molecular complexity index is 284. The van der Waals surface area contributed by atoms with E-state index in [9.17, 15) is 4.79 Å². The van der Waals surface area contributed by atoms with Crippen molar-refractivity contribution in [2.75, 3.05) is 0 Å². The molecule has 0 heterocycles. The summed E-state index contributed by atoms with van der Waals surface area (Å²) in [6.45, 7) is 0. The Hall–Kier alpha value is -1.02. The van der Waals surface area contributed by atoms with Crippen LogP contribution in [0.1, 0.15) is 12.0 Å². The number of aryl methyl sites for hydroxylation is 1. The molecule has 0 radical (unpaired) electrons. The molecular weight excluding hydrogens is 176 g/mol. The van der Waals surface area contributed by atoms with Crippen molar-refractivity contribution in [3.63, 3.8) is 0 Å². The molecule has 1 N–H and O–H groups in total. The molecule has 64 valence electrons. The lowest BCUT2D eigenvalue weighted by Crippen LogP contribution is -1.86. The summed E-state index contributed by atoms with van der Waals surface area (Å²) in [4.78, 5) is 10.1. The van der Waals surface area contributed by atoms with E-state index in [1.165, 1.54) is 6.07 Å². The van der Waals surface area contributed by atoms with E-state index in [2.05, 4.69) is 0 Å². The van der Waals surface area contributed by atoms with E-state index < -0.39 is 0 Å². The second-order valence-corrected chi connectivity index (χ2v) is 2.89. The predicted molar refractivity (Wildman–Crippen MR) is 47.5 cm³/mol. The van der Waals surface area contributed by atoms with Gasteiger partial charge in [-0.25, -0.2) is 0 Å². The summed E-state index contributed by atoms with van der Waals surface area (Å²) in [5.41, 5.74) is 0.890. The Labute approximate surface area is 75.8 Å². The number of benzene rings is 1. The van der Waals surface area contributed by atoms with Gasteiger partial charge in [-0.2, -0.15) is 0 Å². The maximum absolute atomic E-state index is 10.1. The van der Waals surface area contributed by atoms with Crippen molar-refractivity contribution in [2.45, 2.75) is 12.8 Å². The lowest BCUT2D eigenvalue weighted by atomic mass is 10.1. The third kappa shape index (κ3) is 2.24. The van der Waals surface area contributed by atoms with Crippen molar-refractivity contribution in [3.05, 3.63) is 28.8 Å². The summed E-state index contributed by atoms with van der Waals surface area (Å²) in [6, 6.07) is 4.76. The maximum atomic E-state index is 10.1. The molecule has 0 aliphatic rings. The van der Waals surface area contributed by atoms with Gasteiger partial charge in [-0.05, 0) is 24.1 Å². The summed E-state index contributed by atoms with van der Waals surface area (Å²) in [7, 11) is 0. The van der Waals surface area contributed by atoms with Crippen LogP contribution in [0.2, 0.25) is 5.02 Å². The molecule has 2 nitrogen and oxygen atoms in total. The number of aldehydes is 1. The number of hydrogen-bond acceptors (Lipinski definition) is 2. The van der Waals surface area contributed by atoms with Crippen LogP contribution in [0.4, 0.5) is 0 Å². The minimum absolute atomic E-state index is 0.148. The number of halogens is 1. The highest BCUT2D eigenvalue weighted by Crippen LogP contribution is 2.22. The maximum Gasteiger partial charge on any atom is 0.120 e. The van der Waals surface area contributed by atoms with Gasteiger partial charge in [-0.3, -0.25) is 0 Å².